The van der Waals surface area contributed by atoms with Crippen molar-refractivity contribution < 1.29 is 21.6 Å². The smallest absolute Gasteiger partial charge is 0.233 e. The van der Waals surface area contributed by atoms with Crippen molar-refractivity contribution in [1.82, 2.24) is 0 Å². The first-order valence-corrected chi connectivity index (χ1v) is 9.06. The van der Waals surface area contributed by atoms with Crippen molar-refractivity contribution in [1.29, 1.82) is 5.26 Å². The Morgan fingerprint density at radius 2 is 1.89 bits per heavy atom. The summed E-state index contributed by atoms with van der Waals surface area (Å²) in [7, 11) is -1.53. The van der Waals surface area contributed by atoms with E-state index in [2.05, 4.69) is 0 Å². The van der Waals surface area contributed by atoms with E-state index in [0.717, 1.165) is 0 Å². The molecule has 19 heavy (non-hydrogen) atoms. The number of hydrogen-bond acceptors (Lipinski definition) is 6. The SMILES string of the molecule is COc1ccc(C#N)c(S(=O)(=O)CCS(=O)(=O)Cl)c1. The van der Waals surface area contributed by atoms with Gasteiger partial charge in [-0.1, -0.05) is 0 Å². The normalized spacial score (nSPS) is 11.8. The number of rotatable bonds is 5. The number of nitriles is 1. The van der Waals surface area contributed by atoms with Crippen LogP contribution in [0.15, 0.2) is 23.1 Å². The molecule has 6 nitrogen and oxygen atoms in total. The van der Waals surface area contributed by atoms with E-state index in [1.165, 1.54) is 25.3 Å². The maximum Gasteiger partial charge on any atom is 0.233 e. The minimum absolute atomic E-state index is 0.0761. The predicted octanol–water partition coefficient (Wildman–Crippen LogP) is 0.909. The lowest BCUT2D eigenvalue weighted by Gasteiger charge is -2.07. The molecule has 1 rings (SSSR count). The van der Waals surface area contributed by atoms with Gasteiger partial charge in [-0.2, -0.15) is 5.26 Å². The standard InChI is InChI=1S/C10H10ClNO5S2/c1-17-9-3-2-8(7-12)10(6-9)18(13,14)4-5-19(11,15)16/h2-3,6H,4-5H2,1H3. The van der Waals surface area contributed by atoms with E-state index < -0.39 is 30.4 Å². The lowest BCUT2D eigenvalue weighted by Crippen LogP contribution is -2.15. The van der Waals surface area contributed by atoms with Crippen LogP contribution in [0.25, 0.3) is 0 Å². The van der Waals surface area contributed by atoms with Crippen LogP contribution in [0.4, 0.5) is 0 Å². The van der Waals surface area contributed by atoms with Crippen LogP contribution in [-0.2, 0) is 18.9 Å². The molecule has 0 aliphatic carbocycles. The van der Waals surface area contributed by atoms with Crippen LogP contribution in [-0.4, -0.2) is 35.5 Å². The van der Waals surface area contributed by atoms with Gasteiger partial charge in [-0.15, -0.1) is 0 Å². The largest absolute Gasteiger partial charge is 0.497 e. The second-order valence-electron chi connectivity index (χ2n) is 3.54. The first kappa shape index (κ1) is 15.8. The molecule has 1 aromatic rings. The predicted molar refractivity (Wildman–Crippen MR) is 69.4 cm³/mol. The molecule has 0 bridgehead atoms. The molecular formula is C10H10ClNO5S2. The van der Waals surface area contributed by atoms with E-state index in [0.29, 0.717) is 0 Å². The summed E-state index contributed by atoms with van der Waals surface area (Å²) in [5, 5.41) is 8.87. The van der Waals surface area contributed by atoms with Crippen molar-refractivity contribution in [2.24, 2.45) is 0 Å². The molecule has 0 spiro atoms. The number of ether oxygens (including phenoxy) is 1. The molecule has 0 aliphatic rings. The van der Waals surface area contributed by atoms with Gasteiger partial charge in [0, 0.05) is 16.7 Å². The number of benzene rings is 1. The summed E-state index contributed by atoms with van der Waals surface area (Å²) >= 11 is 0. The highest BCUT2D eigenvalue weighted by molar-refractivity contribution is 8.14. The highest BCUT2D eigenvalue weighted by Gasteiger charge is 2.22. The molecule has 0 N–H and O–H groups in total. The van der Waals surface area contributed by atoms with Crippen LogP contribution >= 0.6 is 10.7 Å². The third kappa shape index (κ3) is 4.38. The Labute approximate surface area is 115 Å². The first-order chi connectivity index (χ1) is 8.69. The molecule has 0 radical (unpaired) electrons. The molecule has 0 aromatic heterocycles. The van der Waals surface area contributed by atoms with E-state index in [9.17, 15) is 16.8 Å². The highest BCUT2D eigenvalue weighted by Crippen LogP contribution is 2.23. The third-order valence-electron chi connectivity index (χ3n) is 2.24. The number of nitrogens with zero attached hydrogens (tertiary/aromatic N) is 1. The van der Waals surface area contributed by atoms with Crippen LogP contribution in [0.5, 0.6) is 5.75 Å². The molecular weight excluding hydrogens is 314 g/mol. The number of methoxy groups -OCH3 is 1. The Morgan fingerprint density at radius 1 is 1.26 bits per heavy atom. The van der Waals surface area contributed by atoms with Gasteiger partial charge in [0.05, 0.1) is 29.1 Å². The Morgan fingerprint density at radius 3 is 2.37 bits per heavy atom. The number of sulfone groups is 1. The minimum atomic E-state index is -3.93. The summed E-state index contributed by atoms with van der Waals surface area (Å²) in [4.78, 5) is -0.269. The van der Waals surface area contributed by atoms with Crippen LogP contribution in [0.1, 0.15) is 5.56 Å². The van der Waals surface area contributed by atoms with Crippen molar-refractivity contribution in [3.05, 3.63) is 23.8 Å². The lowest BCUT2D eigenvalue weighted by atomic mass is 10.2. The van der Waals surface area contributed by atoms with Crippen molar-refractivity contribution in [3.8, 4) is 11.8 Å². The summed E-state index contributed by atoms with van der Waals surface area (Å²) in [6.07, 6.45) is 0. The van der Waals surface area contributed by atoms with Gasteiger partial charge in [0.1, 0.15) is 11.8 Å². The fraction of sp³-hybridized carbons (Fsp3) is 0.300. The zero-order valence-corrected chi connectivity index (χ0v) is 12.2. The Balaban J connectivity index is 3.24. The van der Waals surface area contributed by atoms with Crippen LogP contribution in [0.3, 0.4) is 0 Å². The van der Waals surface area contributed by atoms with Gasteiger partial charge in [0.15, 0.2) is 9.84 Å². The van der Waals surface area contributed by atoms with E-state index in [4.69, 9.17) is 20.7 Å². The van der Waals surface area contributed by atoms with Gasteiger partial charge in [-0.3, -0.25) is 0 Å². The second-order valence-corrected chi connectivity index (χ2v) is 8.51. The van der Waals surface area contributed by atoms with Gasteiger partial charge < -0.3 is 4.74 Å². The van der Waals surface area contributed by atoms with Crippen molar-refractivity contribution in [2.45, 2.75) is 4.90 Å². The van der Waals surface area contributed by atoms with Crippen LogP contribution in [0.2, 0.25) is 0 Å². The van der Waals surface area contributed by atoms with E-state index in [-0.39, 0.29) is 16.2 Å². The third-order valence-corrected chi connectivity index (χ3v) is 5.40. The maximum atomic E-state index is 12.0. The van der Waals surface area contributed by atoms with Crippen molar-refractivity contribution in [2.75, 3.05) is 18.6 Å². The van der Waals surface area contributed by atoms with Gasteiger partial charge in [0.25, 0.3) is 0 Å². The summed E-state index contributed by atoms with van der Waals surface area (Å²) in [6.45, 7) is 0. The van der Waals surface area contributed by atoms with E-state index >= 15 is 0 Å². The molecule has 0 atom stereocenters. The summed E-state index contributed by atoms with van der Waals surface area (Å²) in [5.74, 6) is -1.16. The Kier molecular flexibility index (Phi) is 4.79. The maximum absolute atomic E-state index is 12.0. The molecule has 0 aliphatic heterocycles. The first-order valence-electron chi connectivity index (χ1n) is 4.93. The fourth-order valence-corrected chi connectivity index (χ4v) is 4.50. The molecule has 0 amide bonds. The van der Waals surface area contributed by atoms with Gasteiger partial charge >= 0.3 is 0 Å². The zero-order valence-electron chi connectivity index (χ0n) is 9.83. The summed E-state index contributed by atoms with van der Waals surface area (Å²) < 4.78 is 50.5. The molecule has 9 heteroatoms. The molecule has 0 saturated heterocycles. The summed E-state index contributed by atoms with van der Waals surface area (Å²) in [6, 6.07) is 5.64. The highest BCUT2D eigenvalue weighted by atomic mass is 35.7. The lowest BCUT2D eigenvalue weighted by molar-refractivity contribution is 0.413. The van der Waals surface area contributed by atoms with Crippen molar-refractivity contribution >= 4 is 29.6 Å². The Bertz CT molecular complexity index is 719. The molecule has 0 saturated carbocycles. The van der Waals surface area contributed by atoms with E-state index in [1.54, 1.807) is 6.07 Å². The molecule has 104 valence electrons. The Hall–Kier alpha value is -1.30. The van der Waals surface area contributed by atoms with Gasteiger partial charge in [-0.05, 0) is 12.1 Å². The molecule has 1 aromatic carbocycles. The fourth-order valence-electron chi connectivity index (χ4n) is 1.30. The average Bonchev–Trinajstić information content (AvgIpc) is 2.35. The van der Waals surface area contributed by atoms with Crippen LogP contribution < -0.4 is 4.74 Å². The summed E-state index contributed by atoms with van der Waals surface area (Å²) in [5.41, 5.74) is -0.0761. The van der Waals surface area contributed by atoms with Crippen LogP contribution in [0, 0.1) is 11.3 Å². The molecule has 0 heterocycles. The monoisotopic (exact) mass is 323 g/mol. The average molecular weight is 324 g/mol. The van der Waals surface area contributed by atoms with Gasteiger partial charge in [0.2, 0.25) is 9.05 Å². The van der Waals surface area contributed by atoms with E-state index in [1.807, 2.05) is 0 Å². The number of hydrogen-bond donors (Lipinski definition) is 0. The zero-order chi connectivity index (χ0) is 14.7. The van der Waals surface area contributed by atoms with Crippen molar-refractivity contribution in [3.63, 3.8) is 0 Å². The minimum Gasteiger partial charge on any atom is -0.497 e. The van der Waals surface area contributed by atoms with Gasteiger partial charge in [-0.25, -0.2) is 16.8 Å². The quantitative estimate of drug-likeness (QED) is 0.746. The number of halogens is 1. The molecule has 0 unspecified atom stereocenters. The topological polar surface area (TPSA) is 101 Å². The molecule has 0 fully saturated rings. The second kappa shape index (κ2) is 5.77.